The van der Waals surface area contributed by atoms with Crippen LogP contribution in [-0.2, 0) is 0 Å². The van der Waals surface area contributed by atoms with Gasteiger partial charge in [-0.1, -0.05) is 44.0 Å². The van der Waals surface area contributed by atoms with Crippen LogP contribution in [0, 0.1) is 0 Å². The molecule has 0 atom stereocenters. The van der Waals surface area contributed by atoms with Crippen molar-refractivity contribution in [2.45, 2.75) is 0 Å². The Bertz CT molecular complexity index is 624. The van der Waals surface area contributed by atoms with E-state index < -0.39 is 0 Å². The van der Waals surface area contributed by atoms with Crippen LogP contribution in [0.1, 0.15) is 0 Å². The molecule has 0 saturated carbocycles. The van der Waals surface area contributed by atoms with Gasteiger partial charge in [-0.3, -0.25) is 0 Å². The number of halogens is 2. The first-order valence-electron chi connectivity index (χ1n) is 9.15. The zero-order valence-corrected chi connectivity index (χ0v) is 18.1. The number of hydrogen-bond donors (Lipinski definition) is 2. The highest BCUT2D eigenvalue weighted by Crippen LogP contribution is 2.20. The molecule has 1 fully saturated rings. The molecule has 6 heteroatoms. The SMILES string of the molecule is Brc1cccc(N2CCNCCN(c3cccc(Br)c3)CCNCC2)c1. The molecular formula is C20H26Br2N4. The molecule has 1 aliphatic rings. The topological polar surface area (TPSA) is 30.5 Å². The van der Waals surface area contributed by atoms with Gasteiger partial charge in [0.1, 0.15) is 0 Å². The second kappa shape index (κ2) is 10.3. The van der Waals surface area contributed by atoms with Crippen molar-refractivity contribution in [2.75, 3.05) is 62.2 Å². The summed E-state index contributed by atoms with van der Waals surface area (Å²) in [7, 11) is 0. The van der Waals surface area contributed by atoms with Gasteiger partial charge < -0.3 is 20.4 Å². The van der Waals surface area contributed by atoms with Gasteiger partial charge >= 0.3 is 0 Å². The lowest BCUT2D eigenvalue weighted by Gasteiger charge is -2.29. The summed E-state index contributed by atoms with van der Waals surface area (Å²) in [5, 5.41) is 7.21. The zero-order chi connectivity index (χ0) is 18.2. The van der Waals surface area contributed by atoms with E-state index in [1.54, 1.807) is 0 Å². The van der Waals surface area contributed by atoms with Crippen LogP contribution < -0.4 is 20.4 Å². The van der Waals surface area contributed by atoms with Crippen LogP contribution in [0.2, 0.25) is 0 Å². The maximum Gasteiger partial charge on any atom is 0.0378 e. The summed E-state index contributed by atoms with van der Waals surface area (Å²) in [4.78, 5) is 4.89. The van der Waals surface area contributed by atoms with E-state index in [4.69, 9.17) is 0 Å². The summed E-state index contributed by atoms with van der Waals surface area (Å²) in [6, 6.07) is 17.1. The molecule has 1 heterocycles. The lowest BCUT2D eigenvalue weighted by atomic mass is 10.2. The van der Waals surface area contributed by atoms with Crippen LogP contribution >= 0.6 is 31.9 Å². The first kappa shape index (κ1) is 19.7. The van der Waals surface area contributed by atoms with E-state index in [0.717, 1.165) is 61.3 Å². The average Bonchev–Trinajstić information content (AvgIpc) is 2.62. The van der Waals surface area contributed by atoms with Gasteiger partial charge in [0.25, 0.3) is 0 Å². The van der Waals surface area contributed by atoms with E-state index in [-0.39, 0.29) is 0 Å². The van der Waals surface area contributed by atoms with Gasteiger partial charge in [0.15, 0.2) is 0 Å². The summed E-state index contributed by atoms with van der Waals surface area (Å²) in [6.45, 7) is 7.98. The molecule has 0 unspecified atom stereocenters. The predicted molar refractivity (Wildman–Crippen MR) is 118 cm³/mol. The number of nitrogens with one attached hydrogen (secondary N) is 2. The Morgan fingerprint density at radius 1 is 0.615 bits per heavy atom. The van der Waals surface area contributed by atoms with E-state index in [1.807, 2.05) is 0 Å². The van der Waals surface area contributed by atoms with Crippen molar-refractivity contribution in [1.82, 2.24) is 10.6 Å². The minimum Gasteiger partial charge on any atom is -0.369 e. The second-order valence-corrected chi connectivity index (χ2v) is 8.27. The molecule has 0 aliphatic carbocycles. The Morgan fingerprint density at radius 3 is 1.35 bits per heavy atom. The van der Waals surface area contributed by atoms with Crippen LogP contribution in [0.5, 0.6) is 0 Å². The first-order valence-corrected chi connectivity index (χ1v) is 10.7. The molecule has 1 aliphatic heterocycles. The summed E-state index contributed by atoms with van der Waals surface area (Å²) in [5.74, 6) is 0. The van der Waals surface area contributed by atoms with Gasteiger partial charge in [0.05, 0.1) is 0 Å². The lowest BCUT2D eigenvalue weighted by molar-refractivity contribution is 0.589. The van der Waals surface area contributed by atoms with Crippen LogP contribution in [0.3, 0.4) is 0 Å². The van der Waals surface area contributed by atoms with E-state index in [1.165, 1.54) is 11.4 Å². The van der Waals surface area contributed by atoms with E-state index in [0.29, 0.717) is 0 Å². The quantitative estimate of drug-likeness (QED) is 0.684. The number of nitrogens with zero attached hydrogens (tertiary/aromatic N) is 2. The third-order valence-electron chi connectivity index (χ3n) is 4.58. The standard InChI is InChI=1S/C20H26Br2N4/c21-17-3-1-5-19(15-17)25-11-7-23-9-13-26(14-10-24-8-12-25)20-6-2-4-18(22)16-20/h1-6,15-16,23-24H,7-14H2. The first-order chi connectivity index (χ1) is 12.7. The smallest absolute Gasteiger partial charge is 0.0378 e. The molecule has 0 aromatic heterocycles. The second-order valence-electron chi connectivity index (χ2n) is 6.43. The molecule has 3 rings (SSSR count). The molecule has 0 bridgehead atoms. The Kier molecular flexibility index (Phi) is 7.80. The van der Waals surface area contributed by atoms with E-state index >= 15 is 0 Å². The molecule has 140 valence electrons. The Labute approximate surface area is 173 Å². The molecule has 2 aromatic rings. The number of anilines is 2. The van der Waals surface area contributed by atoms with Crippen molar-refractivity contribution in [3.63, 3.8) is 0 Å². The monoisotopic (exact) mass is 480 g/mol. The van der Waals surface area contributed by atoms with Crippen LogP contribution in [0.15, 0.2) is 57.5 Å². The minimum atomic E-state index is 0.985. The Hall–Kier alpha value is -1.08. The molecular weight excluding hydrogens is 456 g/mol. The Balaban J connectivity index is 1.59. The summed E-state index contributed by atoms with van der Waals surface area (Å²) >= 11 is 7.16. The van der Waals surface area contributed by atoms with Gasteiger partial charge in [-0.05, 0) is 36.4 Å². The lowest BCUT2D eigenvalue weighted by Crippen LogP contribution is -2.43. The summed E-state index contributed by atoms with van der Waals surface area (Å²) < 4.78 is 2.26. The number of rotatable bonds is 2. The van der Waals surface area contributed by atoms with Crippen molar-refractivity contribution in [2.24, 2.45) is 0 Å². The summed E-state index contributed by atoms with van der Waals surface area (Å²) in [5.41, 5.74) is 2.55. The van der Waals surface area contributed by atoms with Gasteiger partial charge in [0, 0.05) is 72.7 Å². The third kappa shape index (κ3) is 5.98. The highest BCUT2D eigenvalue weighted by molar-refractivity contribution is 9.10. The van der Waals surface area contributed by atoms with E-state index in [2.05, 4.69) is 101 Å². The third-order valence-corrected chi connectivity index (χ3v) is 5.57. The fourth-order valence-electron chi connectivity index (χ4n) is 3.19. The van der Waals surface area contributed by atoms with Crippen molar-refractivity contribution < 1.29 is 0 Å². The molecule has 1 saturated heterocycles. The average molecular weight is 482 g/mol. The fraction of sp³-hybridized carbons (Fsp3) is 0.400. The maximum atomic E-state index is 3.60. The number of benzene rings is 2. The van der Waals surface area contributed by atoms with Crippen molar-refractivity contribution in [3.8, 4) is 0 Å². The van der Waals surface area contributed by atoms with Crippen molar-refractivity contribution in [3.05, 3.63) is 57.5 Å². The van der Waals surface area contributed by atoms with Crippen LogP contribution in [-0.4, -0.2) is 52.4 Å². The van der Waals surface area contributed by atoms with E-state index in [9.17, 15) is 0 Å². The number of hydrogen-bond acceptors (Lipinski definition) is 4. The van der Waals surface area contributed by atoms with Gasteiger partial charge in [-0.15, -0.1) is 0 Å². The minimum absolute atomic E-state index is 0.985. The normalized spacial score (nSPS) is 17.5. The van der Waals surface area contributed by atoms with Crippen molar-refractivity contribution >= 4 is 43.2 Å². The van der Waals surface area contributed by atoms with Gasteiger partial charge in [-0.2, -0.15) is 0 Å². The van der Waals surface area contributed by atoms with Crippen LogP contribution in [0.25, 0.3) is 0 Å². The highest BCUT2D eigenvalue weighted by Gasteiger charge is 2.10. The molecule has 2 N–H and O–H groups in total. The molecule has 2 aromatic carbocycles. The summed E-state index contributed by atoms with van der Waals surface area (Å²) in [6.07, 6.45) is 0. The van der Waals surface area contributed by atoms with Gasteiger partial charge in [-0.25, -0.2) is 0 Å². The molecule has 0 spiro atoms. The van der Waals surface area contributed by atoms with Crippen LogP contribution in [0.4, 0.5) is 11.4 Å². The van der Waals surface area contributed by atoms with Gasteiger partial charge in [0.2, 0.25) is 0 Å². The molecule has 4 nitrogen and oxygen atoms in total. The molecule has 0 amide bonds. The fourth-order valence-corrected chi connectivity index (χ4v) is 3.97. The largest absolute Gasteiger partial charge is 0.369 e. The molecule has 26 heavy (non-hydrogen) atoms. The van der Waals surface area contributed by atoms with Crippen molar-refractivity contribution in [1.29, 1.82) is 0 Å². The zero-order valence-electron chi connectivity index (χ0n) is 14.9. The molecule has 0 radical (unpaired) electrons. The predicted octanol–water partition coefficient (Wildman–Crippen LogP) is 3.72. The maximum absolute atomic E-state index is 3.60. The Morgan fingerprint density at radius 2 is 1.00 bits per heavy atom. The highest BCUT2D eigenvalue weighted by atomic mass is 79.9.